The number of aliphatic hydroxyl groups excluding tert-OH is 1. The van der Waals surface area contributed by atoms with Crippen molar-refractivity contribution in [1.82, 2.24) is 14.9 Å². The molecule has 0 aliphatic heterocycles. The molecule has 108 valence electrons. The molecule has 0 radical (unpaired) electrons. The second-order valence-electron chi connectivity index (χ2n) is 3.71. The standard InChI is InChI=1S/C10H9BrFN3O4S/c11-7-1-6(4-16)10(12)8(2-7)20(17,18)14-3-9-13-5-19-15-9/h1-2,5,14,16H,3-4H2. The van der Waals surface area contributed by atoms with Crippen molar-refractivity contribution in [1.29, 1.82) is 0 Å². The minimum atomic E-state index is -4.11. The maximum atomic E-state index is 14.0. The number of aromatic nitrogens is 2. The van der Waals surface area contributed by atoms with E-state index in [0.29, 0.717) is 4.47 Å². The summed E-state index contributed by atoms with van der Waals surface area (Å²) in [7, 11) is -4.11. The minimum absolute atomic E-state index is 0.117. The van der Waals surface area contributed by atoms with Crippen LogP contribution in [-0.4, -0.2) is 23.7 Å². The smallest absolute Gasteiger partial charge is 0.243 e. The van der Waals surface area contributed by atoms with Crippen LogP contribution < -0.4 is 4.72 Å². The molecule has 0 fully saturated rings. The number of nitrogens with zero attached hydrogens (tertiary/aromatic N) is 2. The average molecular weight is 366 g/mol. The Morgan fingerprint density at radius 2 is 2.20 bits per heavy atom. The van der Waals surface area contributed by atoms with Crippen molar-refractivity contribution in [2.75, 3.05) is 0 Å². The van der Waals surface area contributed by atoms with Gasteiger partial charge in [0.05, 0.1) is 13.2 Å². The van der Waals surface area contributed by atoms with Crippen LogP contribution in [0, 0.1) is 5.82 Å². The van der Waals surface area contributed by atoms with E-state index in [9.17, 15) is 12.8 Å². The molecule has 0 aliphatic rings. The van der Waals surface area contributed by atoms with Gasteiger partial charge in [-0.25, -0.2) is 17.5 Å². The van der Waals surface area contributed by atoms with E-state index in [0.717, 1.165) is 12.5 Å². The van der Waals surface area contributed by atoms with E-state index >= 15 is 0 Å². The highest BCUT2D eigenvalue weighted by molar-refractivity contribution is 9.10. The van der Waals surface area contributed by atoms with E-state index in [1.807, 2.05) is 0 Å². The van der Waals surface area contributed by atoms with Gasteiger partial charge in [0.25, 0.3) is 0 Å². The second kappa shape index (κ2) is 5.95. The lowest BCUT2D eigenvalue weighted by Crippen LogP contribution is -2.25. The third-order valence-corrected chi connectivity index (χ3v) is 4.22. The van der Waals surface area contributed by atoms with Crippen LogP contribution >= 0.6 is 15.9 Å². The van der Waals surface area contributed by atoms with Gasteiger partial charge in [-0.2, -0.15) is 4.98 Å². The van der Waals surface area contributed by atoms with Gasteiger partial charge in [-0.3, -0.25) is 0 Å². The Morgan fingerprint density at radius 3 is 2.80 bits per heavy atom. The van der Waals surface area contributed by atoms with Crippen LogP contribution in [0.2, 0.25) is 0 Å². The van der Waals surface area contributed by atoms with Crippen LogP contribution in [0.5, 0.6) is 0 Å². The number of halogens is 2. The molecule has 20 heavy (non-hydrogen) atoms. The van der Waals surface area contributed by atoms with Gasteiger partial charge in [-0.05, 0) is 12.1 Å². The molecule has 1 aromatic heterocycles. The monoisotopic (exact) mass is 365 g/mol. The van der Waals surface area contributed by atoms with Crippen LogP contribution in [-0.2, 0) is 23.2 Å². The van der Waals surface area contributed by atoms with Gasteiger partial charge in [-0.15, -0.1) is 0 Å². The molecule has 1 heterocycles. The van der Waals surface area contributed by atoms with Crippen molar-refractivity contribution in [3.8, 4) is 0 Å². The fourth-order valence-corrected chi connectivity index (χ4v) is 3.22. The summed E-state index contributed by atoms with van der Waals surface area (Å²) in [6.07, 6.45) is 1.05. The summed E-state index contributed by atoms with van der Waals surface area (Å²) < 4.78 is 45.0. The molecule has 2 rings (SSSR count). The van der Waals surface area contributed by atoms with Gasteiger partial charge in [0.15, 0.2) is 5.82 Å². The third-order valence-electron chi connectivity index (χ3n) is 2.37. The molecule has 0 unspecified atom stereocenters. The first-order chi connectivity index (χ1) is 9.44. The Hall–Kier alpha value is -1.36. The van der Waals surface area contributed by atoms with Crippen molar-refractivity contribution >= 4 is 26.0 Å². The first-order valence-corrected chi connectivity index (χ1v) is 7.55. The predicted octanol–water partition coefficient (Wildman–Crippen LogP) is 0.942. The highest BCUT2D eigenvalue weighted by Crippen LogP contribution is 2.24. The van der Waals surface area contributed by atoms with Crippen LogP contribution in [0.1, 0.15) is 11.4 Å². The van der Waals surface area contributed by atoms with E-state index in [-0.39, 0.29) is 17.9 Å². The molecular weight excluding hydrogens is 357 g/mol. The quantitative estimate of drug-likeness (QED) is 0.816. The summed E-state index contributed by atoms with van der Waals surface area (Å²) in [6, 6.07) is 2.40. The summed E-state index contributed by atoms with van der Waals surface area (Å²) in [5, 5.41) is 12.4. The molecule has 0 amide bonds. The topological polar surface area (TPSA) is 105 Å². The van der Waals surface area contributed by atoms with Gasteiger partial charge in [0.2, 0.25) is 16.4 Å². The number of aliphatic hydroxyl groups is 1. The first-order valence-electron chi connectivity index (χ1n) is 5.27. The van der Waals surface area contributed by atoms with Crippen LogP contribution in [0.4, 0.5) is 4.39 Å². The Labute approximate surface area is 122 Å². The highest BCUT2D eigenvalue weighted by atomic mass is 79.9. The number of nitrogens with one attached hydrogen (secondary N) is 1. The summed E-state index contributed by atoms with van der Waals surface area (Å²) in [5.41, 5.74) is -0.126. The molecule has 2 aromatic rings. The van der Waals surface area contributed by atoms with Gasteiger partial charge in [0, 0.05) is 10.0 Å². The van der Waals surface area contributed by atoms with Crippen molar-refractivity contribution in [3.05, 3.63) is 40.2 Å². The highest BCUT2D eigenvalue weighted by Gasteiger charge is 2.22. The number of benzene rings is 1. The number of rotatable bonds is 5. The zero-order valence-electron chi connectivity index (χ0n) is 9.88. The third kappa shape index (κ3) is 3.20. The Morgan fingerprint density at radius 1 is 1.45 bits per heavy atom. The predicted molar refractivity (Wildman–Crippen MR) is 68.3 cm³/mol. The van der Waals surface area contributed by atoms with Gasteiger partial charge in [-0.1, -0.05) is 21.1 Å². The van der Waals surface area contributed by atoms with E-state index in [1.165, 1.54) is 6.07 Å². The van der Waals surface area contributed by atoms with Crippen molar-refractivity contribution in [2.45, 2.75) is 18.0 Å². The van der Waals surface area contributed by atoms with Crippen LogP contribution in [0.25, 0.3) is 0 Å². The molecule has 2 N–H and O–H groups in total. The van der Waals surface area contributed by atoms with Gasteiger partial charge in [0.1, 0.15) is 10.7 Å². The number of sulfonamides is 1. The SMILES string of the molecule is O=S(=O)(NCc1ncon1)c1cc(Br)cc(CO)c1F. The second-order valence-corrected chi connectivity index (χ2v) is 6.36. The molecule has 0 atom stereocenters. The Balaban J connectivity index is 2.31. The summed E-state index contributed by atoms with van der Waals surface area (Å²) >= 11 is 3.06. The first kappa shape index (κ1) is 15.0. The van der Waals surface area contributed by atoms with Crippen molar-refractivity contribution in [2.24, 2.45) is 0 Å². The Bertz CT molecular complexity index is 706. The zero-order valence-corrected chi connectivity index (χ0v) is 12.3. The number of hydrogen-bond acceptors (Lipinski definition) is 6. The van der Waals surface area contributed by atoms with E-state index in [4.69, 9.17) is 5.11 Å². The molecular formula is C10H9BrFN3O4S. The fraction of sp³-hybridized carbons (Fsp3) is 0.200. The van der Waals surface area contributed by atoms with E-state index in [1.54, 1.807) is 0 Å². The molecule has 0 bridgehead atoms. The summed E-state index contributed by atoms with van der Waals surface area (Å²) in [6.45, 7) is -0.849. The van der Waals surface area contributed by atoms with Crippen LogP contribution in [0.3, 0.4) is 0 Å². The Kier molecular flexibility index (Phi) is 4.48. The normalized spacial score (nSPS) is 11.8. The lowest BCUT2D eigenvalue weighted by molar-refractivity contribution is 0.274. The molecule has 7 nitrogen and oxygen atoms in total. The number of hydrogen-bond donors (Lipinski definition) is 2. The van der Waals surface area contributed by atoms with Gasteiger partial charge >= 0.3 is 0 Å². The molecule has 0 aliphatic carbocycles. The maximum Gasteiger partial charge on any atom is 0.243 e. The molecule has 1 aromatic carbocycles. The van der Waals surface area contributed by atoms with E-state index < -0.39 is 27.3 Å². The molecule has 10 heteroatoms. The molecule has 0 spiro atoms. The van der Waals surface area contributed by atoms with Gasteiger partial charge < -0.3 is 9.63 Å². The van der Waals surface area contributed by atoms with Crippen molar-refractivity contribution < 1.29 is 22.4 Å². The van der Waals surface area contributed by atoms with Crippen LogP contribution in [0.15, 0.2) is 32.4 Å². The summed E-state index contributed by atoms with van der Waals surface area (Å²) in [5.74, 6) is -0.886. The van der Waals surface area contributed by atoms with E-state index in [2.05, 4.69) is 35.3 Å². The molecule has 0 saturated carbocycles. The minimum Gasteiger partial charge on any atom is -0.392 e. The molecule has 0 saturated heterocycles. The lowest BCUT2D eigenvalue weighted by atomic mass is 10.2. The largest absolute Gasteiger partial charge is 0.392 e. The maximum absolute atomic E-state index is 14.0. The fourth-order valence-electron chi connectivity index (χ4n) is 1.44. The average Bonchev–Trinajstić information content (AvgIpc) is 2.92. The lowest BCUT2D eigenvalue weighted by Gasteiger charge is -2.09. The zero-order chi connectivity index (χ0) is 14.8. The van der Waals surface area contributed by atoms with Crippen molar-refractivity contribution in [3.63, 3.8) is 0 Å². The summed E-state index contributed by atoms with van der Waals surface area (Å²) in [4.78, 5) is 3.07.